The second kappa shape index (κ2) is 6.65. The molecule has 0 aromatic carbocycles. The van der Waals surface area contributed by atoms with Crippen molar-refractivity contribution in [3.8, 4) is 0 Å². The Bertz CT molecular complexity index is 299. The zero-order valence-corrected chi connectivity index (χ0v) is 11.6. The molecule has 0 radical (unpaired) electrons. The van der Waals surface area contributed by atoms with Gasteiger partial charge in [0.25, 0.3) is 0 Å². The number of nitrogens with one attached hydrogen (secondary N) is 1. The first kappa shape index (κ1) is 14.7. The van der Waals surface area contributed by atoms with Gasteiger partial charge in [0, 0.05) is 45.7 Å². The molecule has 19 heavy (non-hydrogen) atoms. The van der Waals surface area contributed by atoms with Gasteiger partial charge in [-0.25, -0.2) is 0 Å². The van der Waals surface area contributed by atoms with Crippen LogP contribution in [0.3, 0.4) is 0 Å². The van der Waals surface area contributed by atoms with Crippen LogP contribution in [0, 0.1) is 0 Å². The maximum Gasteiger partial charge on any atom is 0.239 e. The van der Waals surface area contributed by atoms with E-state index in [1.54, 1.807) is 0 Å². The number of nitrogens with zero attached hydrogens (tertiary/aromatic N) is 1. The summed E-state index contributed by atoms with van der Waals surface area (Å²) in [5, 5.41) is 13.5. The highest BCUT2D eigenvalue weighted by Gasteiger charge is 2.31. The average molecular weight is 272 g/mol. The number of morpholine rings is 1. The van der Waals surface area contributed by atoms with Crippen LogP contribution in [0.5, 0.6) is 0 Å². The second-order valence-electron chi connectivity index (χ2n) is 5.38. The molecule has 0 saturated carbocycles. The largest absolute Gasteiger partial charge is 0.388 e. The molecule has 2 fully saturated rings. The SMILES string of the molecule is CC(NCC1(O)CCOCC1)C(=O)N1CCOCC1. The van der Waals surface area contributed by atoms with E-state index >= 15 is 0 Å². The minimum atomic E-state index is -0.738. The smallest absolute Gasteiger partial charge is 0.239 e. The molecule has 2 N–H and O–H groups in total. The number of rotatable bonds is 4. The third kappa shape index (κ3) is 4.14. The Morgan fingerprint density at radius 3 is 2.47 bits per heavy atom. The van der Waals surface area contributed by atoms with Crippen molar-refractivity contribution in [1.82, 2.24) is 10.2 Å². The van der Waals surface area contributed by atoms with E-state index in [0.29, 0.717) is 58.9 Å². The zero-order chi connectivity index (χ0) is 13.7. The van der Waals surface area contributed by atoms with E-state index in [-0.39, 0.29) is 11.9 Å². The first-order chi connectivity index (χ1) is 9.11. The van der Waals surface area contributed by atoms with Crippen LogP contribution in [0.2, 0.25) is 0 Å². The summed E-state index contributed by atoms with van der Waals surface area (Å²) in [6.07, 6.45) is 1.25. The highest BCUT2D eigenvalue weighted by Crippen LogP contribution is 2.19. The van der Waals surface area contributed by atoms with E-state index < -0.39 is 5.60 Å². The lowest BCUT2D eigenvalue weighted by Crippen LogP contribution is -2.53. The van der Waals surface area contributed by atoms with Gasteiger partial charge in [-0.05, 0) is 6.92 Å². The van der Waals surface area contributed by atoms with Gasteiger partial charge in [0.15, 0.2) is 0 Å². The van der Waals surface area contributed by atoms with Crippen molar-refractivity contribution in [2.75, 3.05) is 46.1 Å². The van der Waals surface area contributed by atoms with E-state index in [9.17, 15) is 9.90 Å². The molecule has 1 atom stereocenters. The minimum Gasteiger partial charge on any atom is -0.388 e. The highest BCUT2D eigenvalue weighted by atomic mass is 16.5. The third-order valence-corrected chi connectivity index (χ3v) is 3.85. The molecule has 2 heterocycles. The molecule has 1 unspecified atom stereocenters. The fourth-order valence-electron chi connectivity index (χ4n) is 2.42. The zero-order valence-electron chi connectivity index (χ0n) is 11.6. The molecule has 2 rings (SSSR count). The monoisotopic (exact) mass is 272 g/mol. The molecule has 0 aromatic rings. The second-order valence-corrected chi connectivity index (χ2v) is 5.38. The van der Waals surface area contributed by atoms with E-state index in [0.717, 1.165) is 0 Å². The standard InChI is InChI=1S/C13H24N2O4/c1-11(12(16)15-4-8-19-9-5-15)14-10-13(17)2-6-18-7-3-13/h11,14,17H,2-10H2,1H3. The van der Waals surface area contributed by atoms with Crippen LogP contribution in [-0.4, -0.2) is 73.6 Å². The number of hydrogen-bond acceptors (Lipinski definition) is 5. The van der Waals surface area contributed by atoms with Gasteiger partial charge in [-0.3, -0.25) is 4.79 Å². The van der Waals surface area contributed by atoms with Gasteiger partial charge in [-0.15, -0.1) is 0 Å². The summed E-state index contributed by atoms with van der Waals surface area (Å²) >= 11 is 0. The lowest BCUT2D eigenvalue weighted by molar-refractivity contribution is -0.137. The van der Waals surface area contributed by atoms with Gasteiger partial charge < -0.3 is 24.8 Å². The molecule has 2 aliphatic heterocycles. The molecular weight excluding hydrogens is 248 g/mol. The summed E-state index contributed by atoms with van der Waals surface area (Å²) in [5.74, 6) is 0.0824. The Kier molecular flexibility index (Phi) is 5.15. The molecule has 6 nitrogen and oxygen atoms in total. The first-order valence-corrected chi connectivity index (χ1v) is 7.01. The molecule has 6 heteroatoms. The molecule has 0 spiro atoms. The Labute approximate surface area is 114 Å². The summed E-state index contributed by atoms with van der Waals surface area (Å²) in [7, 11) is 0. The predicted molar refractivity (Wildman–Crippen MR) is 69.9 cm³/mol. The predicted octanol–water partition coefficient (Wildman–Crippen LogP) is -0.635. The summed E-state index contributed by atoms with van der Waals surface area (Å²) in [6.45, 7) is 5.99. The third-order valence-electron chi connectivity index (χ3n) is 3.85. The maximum absolute atomic E-state index is 12.2. The van der Waals surface area contributed by atoms with E-state index in [4.69, 9.17) is 9.47 Å². The van der Waals surface area contributed by atoms with Crippen LogP contribution >= 0.6 is 0 Å². The van der Waals surface area contributed by atoms with Gasteiger partial charge in [0.05, 0.1) is 24.9 Å². The number of carbonyl (C=O) groups excluding carboxylic acids is 1. The Morgan fingerprint density at radius 1 is 1.26 bits per heavy atom. The topological polar surface area (TPSA) is 71.0 Å². The lowest BCUT2D eigenvalue weighted by atomic mass is 9.94. The molecule has 0 aromatic heterocycles. The Morgan fingerprint density at radius 2 is 1.84 bits per heavy atom. The van der Waals surface area contributed by atoms with Crippen molar-refractivity contribution in [3.05, 3.63) is 0 Å². The Balaban J connectivity index is 1.76. The van der Waals surface area contributed by atoms with Crippen molar-refractivity contribution in [2.45, 2.75) is 31.4 Å². The lowest BCUT2D eigenvalue weighted by Gasteiger charge is -2.34. The number of ether oxygens (including phenoxy) is 2. The van der Waals surface area contributed by atoms with Crippen LogP contribution < -0.4 is 5.32 Å². The number of aliphatic hydroxyl groups is 1. The quantitative estimate of drug-likeness (QED) is 0.713. The van der Waals surface area contributed by atoms with Crippen LogP contribution in [0.4, 0.5) is 0 Å². The number of amides is 1. The van der Waals surface area contributed by atoms with E-state index in [1.807, 2.05) is 11.8 Å². The molecule has 110 valence electrons. The minimum absolute atomic E-state index is 0.0824. The fourth-order valence-corrected chi connectivity index (χ4v) is 2.42. The van der Waals surface area contributed by atoms with Crippen molar-refractivity contribution in [3.63, 3.8) is 0 Å². The van der Waals surface area contributed by atoms with Gasteiger partial charge >= 0.3 is 0 Å². The molecule has 2 aliphatic rings. The Hall–Kier alpha value is -0.690. The number of carbonyl (C=O) groups is 1. The van der Waals surface area contributed by atoms with Crippen molar-refractivity contribution in [1.29, 1.82) is 0 Å². The van der Waals surface area contributed by atoms with Gasteiger partial charge in [-0.2, -0.15) is 0 Å². The van der Waals surface area contributed by atoms with Crippen molar-refractivity contribution in [2.24, 2.45) is 0 Å². The summed E-state index contributed by atoms with van der Waals surface area (Å²) in [6, 6.07) is -0.273. The normalized spacial score (nSPS) is 25.1. The van der Waals surface area contributed by atoms with Gasteiger partial charge in [0.2, 0.25) is 5.91 Å². The molecular formula is C13H24N2O4. The van der Waals surface area contributed by atoms with E-state index in [1.165, 1.54) is 0 Å². The van der Waals surface area contributed by atoms with Crippen LogP contribution in [0.25, 0.3) is 0 Å². The summed E-state index contributed by atoms with van der Waals surface area (Å²) in [5.41, 5.74) is -0.738. The highest BCUT2D eigenvalue weighted by molar-refractivity contribution is 5.81. The van der Waals surface area contributed by atoms with Gasteiger partial charge in [-0.1, -0.05) is 0 Å². The first-order valence-electron chi connectivity index (χ1n) is 7.01. The van der Waals surface area contributed by atoms with Crippen LogP contribution in [-0.2, 0) is 14.3 Å². The van der Waals surface area contributed by atoms with Crippen LogP contribution in [0.15, 0.2) is 0 Å². The maximum atomic E-state index is 12.2. The van der Waals surface area contributed by atoms with Crippen molar-refractivity contribution < 1.29 is 19.4 Å². The molecule has 2 saturated heterocycles. The summed E-state index contributed by atoms with van der Waals surface area (Å²) < 4.78 is 10.5. The van der Waals surface area contributed by atoms with Crippen LogP contribution in [0.1, 0.15) is 19.8 Å². The number of hydrogen-bond donors (Lipinski definition) is 2. The average Bonchev–Trinajstić information content (AvgIpc) is 2.46. The van der Waals surface area contributed by atoms with E-state index in [2.05, 4.69) is 5.32 Å². The van der Waals surface area contributed by atoms with Crippen molar-refractivity contribution >= 4 is 5.91 Å². The molecule has 0 bridgehead atoms. The summed E-state index contributed by atoms with van der Waals surface area (Å²) in [4.78, 5) is 14.0. The van der Waals surface area contributed by atoms with Gasteiger partial charge in [0.1, 0.15) is 0 Å². The molecule has 0 aliphatic carbocycles. The fraction of sp³-hybridized carbons (Fsp3) is 0.923. The molecule has 1 amide bonds.